The van der Waals surface area contributed by atoms with E-state index in [9.17, 15) is 8.42 Å². The number of hydrogen-bond donors (Lipinski definition) is 1. The summed E-state index contributed by atoms with van der Waals surface area (Å²) in [5, 5.41) is 3.30. The van der Waals surface area contributed by atoms with Crippen LogP contribution in [0.2, 0.25) is 0 Å². The van der Waals surface area contributed by atoms with E-state index in [1.807, 2.05) is 0 Å². The topological polar surface area (TPSA) is 55.4 Å². The highest BCUT2D eigenvalue weighted by Gasteiger charge is 2.38. The molecule has 1 saturated heterocycles. The summed E-state index contributed by atoms with van der Waals surface area (Å²) in [6.07, 6.45) is 2.85. The van der Waals surface area contributed by atoms with Crippen LogP contribution >= 0.6 is 0 Å². The fraction of sp³-hybridized carbons (Fsp3) is 1.00. The van der Waals surface area contributed by atoms with Crippen LogP contribution in [0.4, 0.5) is 0 Å². The maximum Gasteiger partial charge on any atom is 0.264 e. The smallest absolute Gasteiger partial charge is 0.264 e. The molecule has 3 atom stereocenters. The zero-order chi connectivity index (χ0) is 9.47. The molecule has 76 valence electrons. The average Bonchev–Trinajstić information content (AvgIpc) is 2.40. The van der Waals surface area contributed by atoms with Gasteiger partial charge in [-0.25, -0.2) is 0 Å². The van der Waals surface area contributed by atoms with Crippen molar-refractivity contribution >= 4 is 10.1 Å². The summed E-state index contributed by atoms with van der Waals surface area (Å²) in [6.45, 7) is 2.04. The summed E-state index contributed by atoms with van der Waals surface area (Å²) in [5.41, 5.74) is 0. The first-order valence-corrected chi connectivity index (χ1v) is 6.45. The lowest BCUT2D eigenvalue weighted by atomic mass is 10.0. The van der Waals surface area contributed by atoms with Gasteiger partial charge in [0.15, 0.2) is 0 Å². The summed E-state index contributed by atoms with van der Waals surface area (Å²) < 4.78 is 26.7. The molecule has 1 saturated carbocycles. The van der Waals surface area contributed by atoms with E-state index in [1.165, 1.54) is 0 Å². The first-order chi connectivity index (χ1) is 6.04. The Hall–Kier alpha value is -0.130. The third-order valence-electron chi connectivity index (χ3n) is 2.92. The molecule has 0 amide bonds. The Kier molecular flexibility index (Phi) is 2.33. The summed E-state index contributed by atoms with van der Waals surface area (Å²) in [6, 6.07) is 0. The molecule has 0 unspecified atom stereocenters. The molecule has 13 heavy (non-hydrogen) atoms. The molecule has 2 fully saturated rings. The van der Waals surface area contributed by atoms with Crippen LogP contribution in [0, 0.1) is 11.8 Å². The Morgan fingerprint density at radius 1 is 1.23 bits per heavy atom. The highest BCUT2D eigenvalue weighted by molar-refractivity contribution is 7.86. The van der Waals surface area contributed by atoms with Crippen molar-refractivity contribution in [2.24, 2.45) is 11.8 Å². The van der Waals surface area contributed by atoms with Crippen molar-refractivity contribution < 1.29 is 12.6 Å². The van der Waals surface area contributed by atoms with Gasteiger partial charge in [0.25, 0.3) is 10.1 Å². The zero-order valence-corrected chi connectivity index (χ0v) is 8.51. The lowest BCUT2D eigenvalue weighted by Crippen LogP contribution is -2.18. The SMILES string of the molecule is CS(=O)(=O)O[C@@H]1C[C@H]2CNC[C@H]2C1. The van der Waals surface area contributed by atoms with Crippen LogP contribution < -0.4 is 5.32 Å². The molecule has 0 aromatic heterocycles. The van der Waals surface area contributed by atoms with E-state index >= 15 is 0 Å². The van der Waals surface area contributed by atoms with Crippen LogP contribution in [0.5, 0.6) is 0 Å². The second kappa shape index (κ2) is 3.22. The third kappa shape index (κ3) is 2.21. The predicted molar refractivity (Wildman–Crippen MR) is 48.8 cm³/mol. The van der Waals surface area contributed by atoms with Crippen molar-refractivity contribution in [2.75, 3.05) is 19.3 Å². The van der Waals surface area contributed by atoms with Gasteiger partial charge in [0.05, 0.1) is 12.4 Å². The molecule has 0 spiro atoms. The lowest BCUT2D eigenvalue weighted by Gasteiger charge is -2.09. The van der Waals surface area contributed by atoms with Gasteiger partial charge in [0.1, 0.15) is 0 Å². The minimum absolute atomic E-state index is 0.0629. The van der Waals surface area contributed by atoms with Crippen LogP contribution in [0.3, 0.4) is 0 Å². The molecular formula is C8H15NO3S. The quantitative estimate of drug-likeness (QED) is 0.643. The normalized spacial score (nSPS) is 39.3. The zero-order valence-electron chi connectivity index (χ0n) is 7.69. The van der Waals surface area contributed by atoms with E-state index in [0.29, 0.717) is 11.8 Å². The van der Waals surface area contributed by atoms with Crippen LogP contribution in [-0.2, 0) is 14.3 Å². The van der Waals surface area contributed by atoms with E-state index in [0.717, 1.165) is 32.2 Å². The first-order valence-electron chi connectivity index (χ1n) is 4.63. The van der Waals surface area contributed by atoms with E-state index < -0.39 is 10.1 Å². The molecule has 1 heterocycles. The Morgan fingerprint density at radius 3 is 2.23 bits per heavy atom. The second-order valence-electron chi connectivity index (χ2n) is 4.07. The van der Waals surface area contributed by atoms with Crippen molar-refractivity contribution in [2.45, 2.75) is 18.9 Å². The Morgan fingerprint density at radius 2 is 1.77 bits per heavy atom. The van der Waals surface area contributed by atoms with Gasteiger partial charge >= 0.3 is 0 Å². The predicted octanol–water partition coefficient (Wildman–Crippen LogP) is -0.0394. The minimum atomic E-state index is -3.26. The summed E-state index contributed by atoms with van der Waals surface area (Å²) >= 11 is 0. The van der Waals surface area contributed by atoms with E-state index in [4.69, 9.17) is 4.18 Å². The van der Waals surface area contributed by atoms with Crippen molar-refractivity contribution in [3.8, 4) is 0 Å². The third-order valence-corrected chi connectivity index (χ3v) is 3.54. The van der Waals surface area contributed by atoms with Crippen molar-refractivity contribution in [3.05, 3.63) is 0 Å². The van der Waals surface area contributed by atoms with Crippen molar-refractivity contribution in [3.63, 3.8) is 0 Å². The number of hydrogen-bond acceptors (Lipinski definition) is 4. The van der Waals surface area contributed by atoms with Gasteiger partial charge in [-0.15, -0.1) is 0 Å². The van der Waals surface area contributed by atoms with Gasteiger partial charge in [-0.2, -0.15) is 8.42 Å². The van der Waals surface area contributed by atoms with Crippen LogP contribution in [0.15, 0.2) is 0 Å². The highest BCUT2D eigenvalue weighted by atomic mass is 32.2. The van der Waals surface area contributed by atoms with Crippen LogP contribution in [-0.4, -0.2) is 33.9 Å². The molecule has 2 aliphatic rings. The Labute approximate surface area is 78.8 Å². The van der Waals surface area contributed by atoms with Gasteiger partial charge < -0.3 is 5.32 Å². The van der Waals surface area contributed by atoms with E-state index in [-0.39, 0.29) is 6.10 Å². The molecule has 0 radical (unpaired) electrons. The fourth-order valence-electron chi connectivity index (χ4n) is 2.44. The first kappa shape index (κ1) is 9.43. The molecule has 4 nitrogen and oxygen atoms in total. The average molecular weight is 205 g/mol. The lowest BCUT2D eigenvalue weighted by molar-refractivity contribution is 0.209. The largest absolute Gasteiger partial charge is 0.316 e. The van der Waals surface area contributed by atoms with Crippen molar-refractivity contribution in [1.82, 2.24) is 5.32 Å². The summed E-state index contributed by atoms with van der Waals surface area (Å²) in [5.74, 6) is 1.26. The molecule has 0 aromatic carbocycles. The molecule has 1 aliphatic carbocycles. The Bertz CT molecular complexity index is 276. The van der Waals surface area contributed by atoms with Gasteiger partial charge in [-0.1, -0.05) is 0 Å². The summed E-state index contributed by atoms with van der Waals surface area (Å²) in [4.78, 5) is 0. The van der Waals surface area contributed by atoms with Crippen molar-refractivity contribution in [1.29, 1.82) is 0 Å². The fourth-order valence-corrected chi connectivity index (χ4v) is 3.09. The molecule has 2 rings (SSSR count). The monoisotopic (exact) mass is 205 g/mol. The molecule has 1 N–H and O–H groups in total. The number of fused-ring (bicyclic) bond motifs is 1. The molecule has 0 bridgehead atoms. The van der Waals surface area contributed by atoms with E-state index in [2.05, 4.69) is 5.32 Å². The standard InChI is InChI=1S/C8H15NO3S/c1-13(10,11)12-8-2-6-4-9-5-7(6)3-8/h6-9H,2-5H2,1H3/t6-,7+,8+. The number of rotatable bonds is 2. The number of nitrogens with one attached hydrogen (secondary N) is 1. The molecule has 5 heteroatoms. The minimum Gasteiger partial charge on any atom is -0.316 e. The maximum absolute atomic E-state index is 10.9. The molecule has 0 aromatic rings. The molecule has 1 aliphatic heterocycles. The van der Waals surface area contributed by atoms with Gasteiger partial charge in [-0.05, 0) is 37.8 Å². The molecular weight excluding hydrogens is 190 g/mol. The maximum atomic E-state index is 10.9. The highest BCUT2D eigenvalue weighted by Crippen LogP contribution is 2.36. The Balaban J connectivity index is 1.92. The summed E-state index contributed by atoms with van der Waals surface area (Å²) in [7, 11) is -3.26. The van der Waals surface area contributed by atoms with Gasteiger partial charge in [0.2, 0.25) is 0 Å². The second-order valence-corrected chi connectivity index (χ2v) is 5.67. The van der Waals surface area contributed by atoms with Crippen LogP contribution in [0.25, 0.3) is 0 Å². The van der Waals surface area contributed by atoms with E-state index in [1.54, 1.807) is 0 Å². The van der Waals surface area contributed by atoms with Gasteiger partial charge in [0, 0.05) is 0 Å². The van der Waals surface area contributed by atoms with Crippen LogP contribution in [0.1, 0.15) is 12.8 Å². The van der Waals surface area contributed by atoms with Gasteiger partial charge in [-0.3, -0.25) is 4.18 Å².